The summed E-state index contributed by atoms with van der Waals surface area (Å²) in [5.74, 6) is -0.271. The van der Waals surface area contributed by atoms with Crippen LogP contribution in [0.4, 0.5) is 0 Å². The molecule has 0 atom stereocenters. The Balaban J connectivity index is 1.40. The second-order valence-electron chi connectivity index (χ2n) is 7.89. The van der Waals surface area contributed by atoms with E-state index in [-0.39, 0.29) is 17.6 Å². The van der Waals surface area contributed by atoms with Crippen molar-refractivity contribution in [2.24, 2.45) is 0 Å². The Morgan fingerprint density at radius 1 is 0.903 bits per heavy atom. The van der Waals surface area contributed by atoms with Gasteiger partial charge in [0.15, 0.2) is 0 Å². The van der Waals surface area contributed by atoms with Gasteiger partial charge < -0.3 is 14.9 Å². The number of aromatic nitrogens is 2. The predicted octanol–water partition coefficient (Wildman–Crippen LogP) is 2.85. The number of hydrogen-bond donors (Lipinski definition) is 1. The molecule has 0 unspecified atom stereocenters. The van der Waals surface area contributed by atoms with Gasteiger partial charge in [0.1, 0.15) is 5.75 Å². The first-order valence-electron chi connectivity index (χ1n) is 10.4. The number of phenolic OH excluding ortho intramolecular Hbond substituents is 1. The number of aromatic hydroxyl groups is 1. The van der Waals surface area contributed by atoms with Crippen LogP contribution in [-0.4, -0.2) is 62.7 Å². The minimum atomic E-state index is -0.211. The molecule has 31 heavy (non-hydrogen) atoms. The van der Waals surface area contributed by atoms with E-state index in [4.69, 9.17) is 0 Å². The molecule has 0 radical (unpaired) electrons. The van der Waals surface area contributed by atoms with E-state index >= 15 is 0 Å². The van der Waals surface area contributed by atoms with Gasteiger partial charge in [0.2, 0.25) is 0 Å². The quantitative estimate of drug-likeness (QED) is 0.707. The van der Waals surface area contributed by atoms with Gasteiger partial charge >= 0.3 is 0 Å². The van der Waals surface area contributed by atoms with Crippen molar-refractivity contribution in [3.05, 3.63) is 82.7 Å². The molecule has 1 fully saturated rings. The molecule has 3 aromatic rings. The van der Waals surface area contributed by atoms with Crippen LogP contribution in [0.1, 0.15) is 37.7 Å². The zero-order valence-corrected chi connectivity index (χ0v) is 17.8. The lowest BCUT2D eigenvalue weighted by Crippen LogP contribution is -2.50. The monoisotopic (exact) mass is 418 g/mol. The van der Waals surface area contributed by atoms with E-state index in [0.717, 1.165) is 17.0 Å². The number of piperazine rings is 1. The molecule has 0 bridgehead atoms. The molecule has 1 aliphatic rings. The molecule has 7 nitrogen and oxygen atoms in total. The largest absolute Gasteiger partial charge is 0.507 e. The Labute approximate surface area is 181 Å². The Morgan fingerprint density at radius 3 is 2.23 bits per heavy atom. The number of benzene rings is 2. The number of amides is 2. The summed E-state index contributed by atoms with van der Waals surface area (Å²) in [6, 6.07) is 16.2. The molecule has 2 amide bonds. The molecule has 7 heteroatoms. The summed E-state index contributed by atoms with van der Waals surface area (Å²) < 4.78 is 1.93. The van der Waals surface area contributed by atoms with Gasteiger partial charge in [-0.15, -0.1) is 0 Å². The van der Waals surface area contributed by atoms with Gasteiger partial charge in [-0.05, 0) is 49.7 Å². The molecular formula is C24H26N4O3. The lowest BCUT2D eigenvalue weighted by molar-refractivity contribution is 0.0533. The van der Waals surface area contributed by atoms with Crippen molar-refractivity contribution in [1.82, 2.24) is 19.6 Å². The van der Waals surface area contributed by atoms with E-state index in [2.05, 4.69) is 5.10 Å². The molecule has 0 spiro atoms. The third-order valence-electron chi connectivity index (χ3n) is 5.60. The lowest BCUT2D eigenvalue weighted by atomic mass is 10.1. The fraction of sp³-hybridized carbons (Fsp3) is 0.292. The van der Waals surface area contributed by atoms with Crippen molar-refractivity contribution in [2.75, 3.05) is 26.2 Å². The summed E-state index contributed by atoms with van der Waals surface area (Å²) in [7, 11) is 0. The predicted molar refractivity (Wildman–Crippen MR) is 117 cm³/mol. The fourth-order valence-corrected chi connectivity index (χ4v) is 3.93. The van der Waals surface area contributed by atoms with Crippen molar-refractivity contribution in [3.63, 3.8) is 0 Å². The van der Waals surface area contributed by atoms with E-state index in [9.17, 15) is 14.7 Å². The van der Waals surface area contributed by atoms with Gasteiger partial charge in [0.25, 0.3) is 11.8 Å². The average Bonchev–Trinajstić information content (AvgIpc) is 3.10. The minimum absolute atomic E-state index is 0.0227. The third kappa shape index (κ3) is 4.45. The number of rotatable bonds is 4. The fourth-order valence-electron chi connectivity index (χ4n) is 3.93. The molecular weight excluding hydrogens is 392 g/mol. The summed E-state index contributed by atoms with van der Waals surface area (Å²) in [6.07, 6.45) is 0. The van der Waals surface area contributed by atoms with Crippen LogP contribution >= 0.6 is 0 Å². The molecule has 1 N–H and O–H groups in total. The number of hydrogen-bond acceptors (Lipinski definition) is 4. The molecule has 1 saturated heterocycles. The summed E-state index contributed by atoms with van der Waals surface area (Å²) in [5.41, 5.74) is 4.00. The maximum absolute atomic E-state index is 13.0. The van der Waals surface area contributed by atoms with E-state index in [1.807, 2.05) is 48.9 Å². The van der Waals surface area contributed by atoms with Crippen molar-refractivity contribution in [1.29, 1.82) is 0 Å². The molecule has 2 aromatic carbocycles. The topological polar surface area (TPSA) is 78.7 Å². The first-order chi connectivity index (χ1) is 14.9. The van der Waals surface area contributed by atoms with Crippen LogP contribution in [0.3, 0.4) is 0 Å². The minimum Gasteiger partial charge on any atom is -0.507 e. The molecule has 160 valence electrons. The maximum Gasteiger partial charge on any atom is 0.257 e. The Kier molecular flexibility index (Phi) is 5.75. The highest BCUT2D eigenvalue weighted by atomic mass is 16.3. The SMILES string of the molecule is Cc1cc(C)n(Cc2cccc(C(=O)N3CCN(C(=O)c4ccccc4O)CC3)c2)n1. The number of para-hydroxylation sites is 1. The first kappa shape index (κ1) is 20.7. The van der Waals surface area contributed by atoms with Gasteiger partial charge in [-0.3, -0.25) is 14.3 Å². The van der Waals surface area contributed by atoms with E-state index in [0.29, 0.717) is 43.9 Å². The van der Waals surface area contributed by atoms with Crippen LogP contribution in [0.2, 0.25) is 0 Å². The highest BCUT2D eigenvalue weighted by Crippen LogP contribution is 2.19. The lowest BCUT2D eigenvalue weighted by Gasteiger charge is -2.35. The highest BCUT2D eigenvalue weighted by molar-refractivity contribution is 5.97. The van der Waals surface area contributed by atoms with E-state index in [1.165, 1.54) is 6.07 Å². The third-order valence-corrected chi connectivity index (χ3v) is 5.60. The Hall–Kier alpha value is -3.61. The first-order valence-corrected chi connectivity index (χ1v) is 10.4. The van der Waals surface area contributed by atoms with Crippen LogP contribution in [0.15, 0.2) is 54.6 Å². The van der Waals surface area contributed by atoms with Crippen LogP contribution in [0.5, 0.6) is 5.75 Å². The van der Waals surface area contributed by atoms with Crippen molar-refractivity contribution in [2.45, 2.75) is 20.4 Å². The van der Waals surface area contributed by atoms with Gasteiger partial charge in [-0.25, -0.2) is 0 Å². The summed E-state index contributed by atoms with van der Waals surface area (Å²) in [4.78, 5) is 29.2. The molecule has 1 aromatic heterocycles. The van der Waals surface area contributed by atoms with Crippen LogP contribution in [0, 0.1) is 13.8 Å². The number of carbonyl (C=O) groups excluding carboxylic acids is 2. The van der Waals surface area contributed by atoms with Gasteiger partial charge in [0.05, 0.1) is 17.8 Å². The zero-order valence-electron chi connectivity index (χ0n) is 17.8. The standard InChI is InChI=1S/C24H26N4O3/c1-17-14-18(2)28(25-17)16-19-6-5-7-20(15-19)23(30)26-10-12-27(13-11-26)24(31)21-8-3-4-9-22(21)29/h3-9,14-15,29H,10-13,16H2,1-2H3. The normalized spacial score (nSPS) is 14.0. The second kappa shape index (κ2) is 8.63. The smallest absolute Gasteiger partial charge is 0.257 e. The summed E-state index contributed by atoms with van der Waals surface area (Å²) in [6.45, 7) is 6.38. The van der Waals surface area contributed by atoms with Gasteiger partial charge in [0, 0.05) is 37.4 Å². The average molecular weight is 418 g/mol. The van der Waals surface area contributed by atoms with Crippen molar-refractivity contribution in [3.8, 4) is 5.75 Å². The molecule has 2 heterocycles. The van der Waals surface area contributed by atoms with Crippen LogP contribution in [-0.2, 0) is 6.54 Å². The van der Waals surface area contributed by atoms with Gasteiger partial charge in [-0.1, -0.05) is 24.3 Å². The van der Waals surface area contributed by atoms with Gasteiger partial charge in [-0.2, -0.15) is 5.10 Å². The molecule has 4 rings (SSSR count). The van der Waals surface area contributed by atoms with Crippen molar-refractivity contribution >= 4 is 11.8 Å². The number of aryl methyl sites for hydroxylation is 2. The Bertz CT molecular complexity index is 1110. The summed E-state index contributed by atoms with van der Waals surface area (Å²) in [5, 5.41) is 14.4. The maximum atomic E-state index is 13.0. The van der Waals surface area contributed by atoms with E-state index < -0.39 is 0 Å². The summed E-state index contributed by atoms with van der Waals surface area (Å²) >= 11 is 0. The number of carbonyl (C=O) groups is 2. The zero-order chi connectivity index (χ0) is 22.0. The van der Waals surface area contributed by atoms with Crippen molar-refractivity contribution < 1.29 is 14.7 Å². The molecule has 1 aliphatic heterocycles. The number of nitrogens with zero attached hydrogens (tertiary/aromatic N) is 4. The Morgan fingerprint density at radius 2 is 1.58 bits per heavy atom. The molecule has 0 aliphatic carbocycles. The van der Waals surface area contributed by atoms with Crippen LogP contribution < -0.4 is 0 Å². The second-order valence-corrected chi connectivity index (χ2v) is 7.89. The molecule has 0 saturated carbocycles. The van der Waals surface area contributed by atoms with E-state index in [1.54, 1.807) is 28.0 Å². The van der Waals surface area contributed by atoms with Crippen LogP contribution in [0.25, 0.3) is 0 Å². The number of phenols is 1. The highest BCUT2D eigenvalue weighted by Gasteiger charge is 2.26.